The fourth-order valence-electron chi connectivity index (χ4n) is 3.06. The summed E-state index contributed by atoms with van der Waals surface area (Å²) < 4.78 is 71.0. The smallest absolute Gasteiger partial charge is 0.360 e. The first-order chi connectivity index (χ1) is 16.0. The van der Waals surface area contributed by atoms with Crippen molar-refractivity contribution in [2.75, 3.05) is 6.54 Å². The quantitative estimate of drug-likeness (QED) is 0.343. The van der Waals surface area contributed by atoms with E-state index in [1.165, 1.54) is 50.4 Å². The van der Waals surface area contributed by atoms with Crippen LogP contribution in [0.4, 0.5) is 13.2 Å². The van der Waals surface area contributed by atoms with Gasteiger partial charge in [0.1, 0.15) is 10.7 Å². The van der Waals surface area contributed by atoms with Gasteiger partial charge >= 0.3 is 6.18 Å². The largest absolute Gasteiger partial charge is 0.419 e. The molecule has 12 heteroatoms. The molecule has 0 unspecified atom stereocenters. The Morgan fingerprint density at radius 3 is 2.44 bits per heavy atom. The number of aryl methyl sites for hydroxylation is 2. The van der Waals surface area contributed by atoms with Crippen LogP contribution < -0.4 is 0 Å². The molecule has 0 aliphatic carbocycles. The standard InChI is InChI=1S/C22H18F3N3O4S2/c1-4-12-28(34(30,31)19-14(2)27-32-15(19)3)21(29)17-9-7-16(8-10-17)13-33-20-18(22(23,24)25)6-5-11-26-20/h1,5-11H,12-13H2,2-3H3. The summed E-state index contributed by atoms with van der Waals surface area (Å²) in [5.74, 6) is 1.48. The van der Waals surface area contributed by atoms with Crippen molar-refractivity contribution in [2.45, 2.75) is 35.7 Å². The second kappa shape index (κ2) is 9.90. The van der Waals surface area contributed by atoms with Crippen LogP contribution in [0, 0.1) is 26.2 Å². The average molecular weight is 510 g/mol. The summed E-state index contributed by atoms with van der Waals surface area (Å²) in [6, 6.07) is 7.98. The average Bonchev–Trinajstić information content (AvgIpc) is 3.14. The van der Waals surface area contributed by atoms with Crippen LogP contribution >= 0.6 is 11.8 Å². The van der Waals surface area contributed by atoms with E-state index in [1.54, 1.807) is 0 Å². The number of hydrogen-bond acceptors (Lipinski definition) is 7. The lowest BCUT2D eigenvalue weighted by Crippen LogP contribution is -2.37. The molecule has 0 saturated heterocycles. The Kier molecular flexibility index (Phi) is 7.38. The molecular weight excluding hydrogens is 491 g/mol. The molecular formula is C22H18F3N3O4S2. The number of pyridine rings is 1. The second-order valence-electron chi connectivity index (χ2n) is 7.01. The lowest BCUT2D eigenvalue weighted by molar-refractivity contribution is -0.140. The molecule has 0 spiro atoms. The van der Waals surface area contributed by atoms with Crippen LogP contribution in [-0.2, 0) is 22.0 Å². The molecule has 178 valence electrons. The van der Waals surface area contributed by atoms with Gasteiger partial charge in [-0.1, -0.05) is 23.2 Å². The van der Waals surface area contributed by atoms with E-state index < -0.39 is 34.2 Å². The van der Waals surface area contributed by atoms with Crippen molar-refractivity contribution in [1.82, 2.24) is 14.4 Å². The summed E-state index contributed by atoms with van der Waals surface area (Å²) >= 11 is 0.895. The monoisotopic (exact) mass is 509 g/mol. The Morgan fingerprint density at radius 1 is 1.21 bits per heavy atom. The molecule has 0 bridgehead atoms. The fraction of sp³-hybridized carbons (Fsp3) is 0.227. The number of halogens is 3. The van der Waals surface area contributed by atoms with Crippen LogP contribution in [0.5, 0.6) is 0 Å². The molecule has 0 saturated carbocycles. The third-order valence-corrected chi connectivity index (χ3v) is 7.68. The third-order valence-electron chi connectivity index (χ3n) is 4.63. The van der Waals surface area contributed by atoms with Gasteiger partial charge < -0.3 is 4.52 Å². The van der Waals surface area contributed by atoms with E-state index in [2.05, 4.69) is 16.1 Å². The van der Waals surface area contributed by atoms with E-state index in [9.17, 15) is 26.4 Å². The van der Waals surface area contributed by atoms with Gasteiger partial charge in [0.05, 0.1) is 12.1 Å². The number of carbonyl (C=O) groups excluding carboxylic acids is 1. The molecule has 3 aromatic rings. The molecule has 34 heavy (non-hydrogen) atoms. The fourth-order valence-corrected chi connectivity index (χ4v) is 5.63. The maximum Gasteiger partial charge on any atom is 0.419 e. The van der Waals surface area contributed by atoms with Crippen molar-refractivity contribution < 1.29 is 30.9 Å². The van der Waals surface area contributed by atoms with Gasteiger partial charge in [0, 0.05) is 17.5 Å². The minimum Gasteiger partial charge on any atom is -0.360 e. The van der Waals surface area contributed by atoms with Crippen LogP contribution in [0.25, 0.3) is 0 Å². The maximum absolute atomic E-state index is 13.1. The van der Waals surface area contributed by atoms with Gasteiger partial charge in [0.25, 0.3) is 15.9 Å². The van der Waals surface area contributed by atoms with E-state index in [-0.39, 0.29) is 32.7 Å². The van der Waals surface area contributed by atoms with Crippen molar-refractivity contribution in [1.29, 1.82) is 0 Å². The highest BCUT2D eigenvalue weighted by atomic mass is 32.2. The molecule has 0 radical (unpaired) electrons. The van der Waals surface area contributed by atoms with Crippen molar-refractivity contribution in [3.05, 3.63) is 70.7 Å². The van der Waals surface area contributed by atoms with Gasteiger partial charge in [0.2, 0.25) is 0 Å². The van der Waals surface area contributed by atoms with Gasteiger partial charge in [-0.3, -0.25) is 4.79 Å². The highest BCUT2D eigenvalue weighted by Gasteiger charge is 2.35. The van der Waals surface area contributed by atoms with Crippen molar-refractivity contribution in [3.8, 4) is 12.3 Å². The number of sulfonamides is 1. The van der Waals surface area contributed by atoms with Crippen molar-refractivity contribution in [2.24, 2.45) is 0 Å². The zero-order chi connectivity index (χ0) is 25.1. The summed E-state index contributed by atoms with van der Waals surface area (Å²) in [6.07, 6.45) is 2.05. The molecule has 0 atom stereocenters. The number of carbonyl (C=O) groups is 1. The maximum atomic E-state index is 13.1. The van der Waals surface area contributed by atoms with E-state index in [4.69, 9.17) is 10.9 Å². The molecule has 0 aliphatic rings. The van der Waals surface area contributed by atoms with Crippen molar-refractivity contribution >= 4 is 27.7 Å². The predicted octanol–water partition coefficient (Wildman–Crippen LogP) is 4.46. The Morgan fingerprint density at radius 2 is 1.88 bits per heavy atom. The van der Waals surface area contributed by atoms with Gasteiger partial charge in [0.15, 0.2) is 10.7 Å². The summed E-state index contributed by atoms with van der Waals surface area (Å²) in [5.41, 5.74) is -0.0979. The topological polar surface area (TPSA) is 93.4 Å². The van der Waals surface area contributed by atoms with Crippen LogP contribution in [-0.4, -0.2) is 35.3 Å². The zero-order valence-corrected chi connectivity index (χ0v) is 19.6. The van der Waals surface area contributed by atoms with E-state index >= 15 is 0 Å². The Labute approximate surface area is 198 Å². The lowest BCUT2D eigenvalue weighted by Gasteiger charge is -2.20. The minimum absolute atomic E-state index is 0.0208. The number of amides is 1. The number of thioether (sulfide) groups is 1. The number of terminal acetylenes is 1. The van der Waals surface area contributed by atoms with Crippen molar-refractivity contribution in [3.63, 3.8) is 0 Å². The Balaban J connectivity index is 1.81. The number of benzene rings is 1. The summed E-state index contributed by atoms with van der Waals surface area (Å²) in [6.45, 7) is 2.33. The molecule has 0 fully saturated rings. The number of rotatable bonds is 7. The molecule has 1 aromatic carbocycles. The van der Waals surface area contributed by atoms with Crippen LogP contribution in [0.3, 0.4) is 0 Å². The molecule has 0 aliphatic heterocycles. The normalized spacial score (nSPS) is 11.8. The van der Waals surface area contributed by atoms with Gasteiger partial charge in [-0.15, -0.1) is 18.2 Å². The first-order valence-electron chi connectivity index (χ1n) is 9.64. The van der Waals surface area contributed by atoms with Gasteiger partial charge in [-0.25, -0.2) is 17.7 Å². The van der Waals surface area contributed by atoms with Crippen LogP contribution in [0.1, 0.15) is 32.9 Å². The van der Waals surface area contributed by atoms with Gasteiger partial charge in [-0.05, 0) is 43.7 Å². The number of nitrogens with zero attached hydrogens (tertiary/aromatic N) is 3. The first-order valence-corrected chi connectivity index (χ1v) is 12.1. The van der Waals surface area contributed by atoms with Gasteiger partial charge in [-0.2, -0.15) is 13.2 Å². The minimum atomic E-state index is -4.53. The predicted molar refractivity (Wildman–Crippen MR) is 118 cm³/mol. The summed E-state index contributed by atoms with van der Waals surface area (Å²) in [5, 5.41) is 3.45. The molecule has 3 rings (SSSR count). The lowest BCUT2D eigenvalue weighted by atomic mass is 10.1. The number of hydrogen-bond donors (Lipinski definition) is 0. The first kappa shape index (κ1) is 25.3. The molecule has 2 heterocycles. The molecule has 0 N–H and O–H groups in total. The molecule has 1 amide bonds. The van der Waals surface area contributed by atoms with Crippen LogP contribution in [0.15, 0.2) is 57.0 Å². The molecule has 7 nitrogen and oxygen atoms in total. The van der Waals surface area contributed by atoms with Crippen LogP contribution in [0.2, 0.25) is 0 Å². The van der Waals surface area contributed by atoms with E-state index in [0.29, 0.717) is 9.87 Å². The Bertz CT molecular complexity index is 1330. The highest BCUT2D eigenvalue weighted by molar-refractivity contribution is 7.98. The highest BCUT2D eigenvalue weighted by Crippen LogP contribution is 2.36. The third kappa shape index (κ3) is 5.26. The second-order valence-corrected chi connectivity index (χ2v) is 9.78. The summed E-state index contributed by atoms with van der Waals surface area (Å²) in [7, 11) is -4.34. The zero-order valence-electron chi connectivity index (χ0n) is 18.0. The molecule has 2 aromatic heterocycles. The number of aromatic nitrogens is 2. The number of alkyl halides is 3. The Hall–Kier alpha value is -3.30. The van der Waals surface area contributed by atoms with E-state index in [0.717, 1.165) is 17.8 Å². The summed E-state index contributed by atoms with van der Waals surface area (Å²) in [4.78, 5) is 16.6. The van der Waals surface area contributed by atoms with E-state index in [1.807, 2.05) is 0 Å². The SMILES string of the molecule is C#CCN(C(=O)c1ccc(CSc2ncccc2C(F)(F)F)cc1)S(=O)(=O)c1c(C)noc1C.